The fourth-order valence-electron chi connectivity index (χ4n) is 2.33. The third kappa shape index (κ3) is 3.50. The van der Waals surface area contributed by atoms with E-state index in [4.69, 9.17) is 10.5 Å². The van der Waals surface area contributed by atoms with Crippen LogP contribution in [-0.2, 0) is 0 Å². The van der Waals surface area contributed by atoms with Gasteiger partial charge < -0.3 is 20.7 Å². The molecule has 5 heteroatoms. The van der Waals surface area contributed by atoms with Crippen molar-refractivity contribution in [3.63, 3.8) is 0 Å². The van der Waals surface area contributed by atoms with Gasteiger partial charge in [-0.1, -0.05) is 0 Å². The van der Waals surface area contributed by atoms with Crippen molar-refractivity contribution in [3.05, 3.63) is 17.9 Å². The van der Waals surface area contributed by atoms with E-state index in [-0.39, 0.29) is 5.75 Å². The molecule has 1 fully saturated rings. The normalized spacial score (nSPS) is 17.4. The number of nitrogens with two attached hydrogens (primary N) is 1. The van der Waals surface area contributed by atoms with Crippen LogP contribution in [0.15, 0.2) is 12.1 Å². The lowest BCUT2D eigenvalue weighted by atomic mass is 10.0. The highest BCUT2D eigenvalue weighted by Gasteiger charge is 2.18. The molecule has 1 aliphatic heterocycles. The van der Waals surface area contributed by atoms with Gasteiger partial charge in [-0.2, -0.15) is 0 Å². The van der Waals surface area contributed by atoms with Crippen LogP contribution in [-0.4, -0.2) is 37.7 Å². The second kappa shape index (κ2) is 6.10. The Morgan fingerprint density at radius 2 is 2.11 bits per heavy atom. The topological polar surface area (TPSA) is 50.5 Å². The van der Waals surface area contributed by atoms with Crippen LogP contribution >= 0.6 is 0 Å². The van der Waals surface area contributed by atoms with Crippen LogP contribution < -0.4 is 15.8 Å². The third-order valence-electron chi connectivity index (χ3n) is 3.48. The van der Waals surface area contributed by atoms with Gasteiger partial charge in [0.1, 0.15) is 0 Å². The first-order valence-electron chi connectivity index (χ1n) is 6.77. The first-order chi connectivity index (χ1) is 9.10. The second-order valence-corrected chi connectivity index (χ2v) is 5.02. The van der Waals surface area contributed by atoms with E-state index in [0.717, 1.165) is 31.6 Å². The first-order valence-corrected chi connectivity index (χ1v) is 6.77. The molecular weight excluding hydrogens is 245 g/mol. The first kappa shape index (κ1) is 13.9. The summed E-state index contributed by atoms with van der Waals surface area (Å²) in [4.78, 5) is 2.30. The summed E-state index contributed by atoms with van der Waals surface area (Å²) in [5, 5.41) is 3.40. The van der Waals surface area contributed by atoms with Crippen molar-refractivity contribution in [3.8, 4) is 5.75 Å². The zero-order valence-electron chi connectivity index (χ0n) is 11.6. The Morgan fingerprint density at radius 1 is 1.42 bits per heavy atom. The molecule has 1 heterocycles. The average Bonchev–Trinajstić information content (AvgIpc) is 2.38. The summed E-state index contributed by atoms with van der Waals surface area (Å²) in [6.07, 6.45) is 2.13. The zero-order valence-corrected chi connectivity index (χ0v) is 11.6. The molecule has 4 nitrogen and oxygen atoms in total. The Kier molecular flexibility index (Phi) is 4.47. The number of nitrogen functional groups attached to an aromatic ring is 1. The molecule has 0 aromatic heterocycles. The lowest BCUT2D eigenvalue weighted by Crippen LogP contribution is -2.36. The number of halogens is 1. The van der Waals surface area contributed by atoms with E-state index in [1.54, 1.807) is 6.07 Å². The Hall–Kier alpha value is -1.49. The molecule has 1 aliphatic rings. The van der Waals surface area contributed by atoms with Gasteiger partial charge in [-0.3, -0.25) is 0 Å². The predicted molar refractivity (Wildman–Crippen MR) is 76.1 cm³/mol. The number of ether oxygens (including phenoxy) is 1. The van der Waals surface area contributed by atoms with Crippen molar-refractivity contribution in [2.75, 3.05) is 37.8 Å². The molecule has 0 radical (unpaired) electrons. The lowest BCUT2D eigenvalue weighted by molar-refractivity contribution is 0.264. The molecular formula is C14H22FN3O. The van der Waals surface area contributed by atoms with Crippen LogP contribution in [0.4, 0.5) is 15.8 Å². The smallest absolute Gasteiger partial charge is 0.167 e. The summed E-state index contributed by atoms with van der Waals surface area (Å²) in [6.45, 7) is 4.41. The molecule has 0 amide bonds. The summed E-state index contributed by atoms with van der Waals surface area (Å²) in [5.41, 5.74) is 7.06. The van der Waals surface area contributed by atoms with Crippen molar-refractivity contribution in [1.82, 2.24) is 4.90 Å². The fourth-order valence-corrected chi connectivity index (χ4v) is 2.33. The van der Waals surface area contributed by atoms with Crippen LogP contribution in [0.25, 0.3) is 0 Å². The third-order valence-corrected chi connectivity index (χ3v) is 3.48. The van der Waals surface area contributed by atoms with Gasteiger partial charge in [0.05, 0.1) is 18.0 Å². The minimum atomic E-state index is -0.409. The maximum Gasteiger partial charge on any atom is 0.167 e. The summed E-state index contributed by atoms with van der Waals surface area (Å²) >= 11 is 0. The highest BCUT2D eigenvalue weighted by Crippen LogP contribution is 2.29. The maximum absolute atomic E-state index is 13.6. The van der Waals surface area contributed by atoms with Gasteiger partial charge in [0.15, 0.2) is 11.6 Å². The number of hydrogen-bond donors (Lipinski definition) is 2. The van der Waals surface area contributed by atoms with E-state index in [0.29, 0.717) is 18.3 Å². The maximum atomic E-state index is 13.6. The summed E-state index contributed by atoms with van der Waals surface area (Å²) in [6, 6.07) is 3.37. The number of anilines is 2. The lowest BCUT2D eigenvalue weighted by Gasteiger charge is -2.30. The van der Waals surface area contributed by atoms with Gasteiger partial charge in [-0.05, 0) is 39.9 Å². The number of piperidine rings is 1. The number of hydrogen-bond acceptors (Lipinski definition) is 4. The molecule has 106 valence electrons. The van der Waals surface area contributed by atoms with E-state index >= 15 is 0 Å². The molecule has 0 saturated carbocycles. The van der Waals surface area contributed by atoms with Crippen molar-refractivity contribution in [2.24, 2.45) is 0 Å². The molecule has 0 atom stereocenters. The second-order valence-electron chi connectivity index (χ2n) is 5.02. The summed E-state index contributed by atoms with van der Waals surface area (Å²) in [5.74, 6) is -0.152. The van der Waals surface area contributed by atoms with Gasteiger partial charge in [0.25, 0.3) is 0 Å². The van der Waals surface area contributed by atoms with Crippen molar-refractivity contribution in [2.45, 2.75) is 25.8 Å². The minimum Gasteiger partial charge on any atom is -0.491 e. The van der Waals surface area contributed by atoms with Crippen LogP contribution in [0.2, 0.25) is 0 Å². The van der Waals surface area contributed by atoms with Gasteiger partial charge in [0, 0.05) is 18.2 Å². The van der Waals surface area contributed by atoms with E-state index in [1.807, 2.05) is 6.92 Å². The van der Waals surface area contributed by atoms with Gasteiger partial charge >= 0.3 is 0 Å². The highest BCUT2D eigenvalue weighted by atomic mass is 19.1. The molecule has 0 bridgehead atoms. The molecule has 0 unspecified atom stereocenters. The Bertz CT molecular complexity index is 431. The molecule has 3 N–H and O–H groups in total. The van der Waals surface area contributed by atoms with Gasteiger partial charge in [0.2, 0.25) is 0 Å². The number of benzene rings is 1. The fraction of sp³-hybridized carbons (Fsp3) is 0.571. The molecule has 1 aromatic rings. The molecule has 1 saturated heterocycles. The van der Waals surface area contributed by atoms with Crippen molar-refractivity contribution < 1.29 is 9.13 Å². The molecule has 1 aromatic carbocycles. The van der Waals surface area contributed by atoms with Crippen LogP contribution in [0.1, 0.15) is 19.8 Å². The van der Waals surface area contributed by atoms with Gasteiger partial charge in [-0.15, -0.1) is 0 Å². The van der Waals surface area contributed by atoms with Crippen molar-refractivity contribution >= 4 is 11.4 Å². The van der Waals surface area contributed by atoms with E-state index < -0.39 is 5.82 Å². The number of rotatable bonds is 4. The summed E-state index contributed by atoms with van der Waals surface area (Å²) in [7, 11) is 2.12. The SMILES string of the molecule is CCOc1cc(NC2CCN(C)CC2)c(N)cc1F. The number of nitrogens with one attached hydrogen (secondary N) is 1. The standard InChI is InChI=1S/C14H22FN3O/c1-3-19-14-9-13(12(16)8-11(14)15)17-10-4-6-18(2)7-5-10/h8-10,17H,3-7,16H2,1-2H3. The summed E-state index contributed by atoms with van der Waals surface area (Å²) < 4.78 is 18.9. The highest BCUT2D eigenvalue weighted by molar-refractivity contribution is 5.69. The Morgan fingerprint density at radius 3 is 2.74 bits per heavy atom. The van der Waals surface area contributed by atoms with E-state index in [1.165, 1.54) is 6.07 Å². The van der Waals surface area contributed by atoms with Crippen LogP contribution in [0, 0.1) is 5.82 Å². The molecule has 2 rings (SSSR count). The average molecular weight is 267 g/mol. The van der Waals surface area contributed by atoms with Crippen LogP contribution in [0.5, 0.6) is 5.75 Å². The minimum absolute atomic E-state index is 0.257. The van der Waals surface area contributed by atoms with Crippen molar-refractivity contribution in [1.29, 1.82) is 0 Å². The quantitative estimate of drug-likeness (QED) is 0.822. The van der Waals surface area contributed by atoms with E-state index in [2.05, 4.69) is 17.3 Å². The Labute approximate surface area is 113 Å². The Balaban J connectivity index is 2.08. The molecule has 0 aliphatic carbocycles. The number of nitrogens with zero attached hydrogens (tertiary/aromatic N) is 1. The van der Waals surface area contributed by atoms with Gasteiger partial charge in [-0.25, -0.2) is 4.39 Å². The zero-order chi connectivity index (χ0) is 13.8. The number of likely N-dealkylation sites (tertiary alicyclic amines) is 1. The molecule has 0 spiro atoms. The molecule has 19 heavy (non-hydrogen) atoms. The largest absolute Gasteiger partial charge is 0.491 e. The van der Waals surface area contributed by atoms with E-state index in [9.17, 15) is 4.39 Å². The monoisotopic (exact) mass is 267 g/mol. The predicted octanol–water partition coefficient (Wildman–Crippen LogP) is 2.31. The van der Waals surface area contributed by atoms with Crippen LogP contribution in [0.3, 0.4) is 0 Å².